The molecule has 1 N–H and O–H groups in total. The van der Waals surface area contributed by atoms with Gasteiger partial charge >= 0.3 is 0 Å². The quantitative estimate of drug-likeness (QED) is 0.773. The first kappa shape index (κ1) is 13.9. The highest BCUT2D eigenvalue weighted by atomic mass is 16.3. The number of nitrogens with zero attached hydrogens (tertiary/aromatic N) is 2. The molecule has 0 aromatic rings. The van der Waals surface area contributed by atoms with Crippen molar-refractivity contribution in [2.24, 2.45) is 0 Å². The van der Waals surface area contributed by atoms with Crippen molar-refractivity contribution in [3.63, 3.8) is 0 Å². The van der Waals surface area contributed by atoms with E-state index in [0.717, 1.165) is 32.5 Å². The highest BCUT2D eigenvalue weighted by Crippen LogP contribution is 2.20. The first-order valence-corrected chi connectivity index (χ1v) is 6.62. The van der Waals surface area contributed by atoms with Gasteiger partial charge in [-0.15, -0.1) is 0 Å². The van der Waals surface area contributed by atoms with Gasteiger partial charge in [-0.1, -0.05) is 13.8 Å². The molecular weight excluding hydrogens is 200 g/mol. The summed E-state index contributed by atoms with van der Waals surface area (Å²) >= 11 is 0. The van der Waals surface area contributed by atoms with E-state index >= 15 is 0 Å². The van der Waals surface area contributed by atoms with Crippen molar-refractivity contribution in [3.8, 4) is 0 Å². The van der Waals surface area contributed by atoms with Crippen LogP contribution in [0.1, 0.15) is 39.5 Å². The predicted molar refractivity (Wildman–Crippen MR) is 68.7 cm³/mol. The topological polar surface area (TPSA) is 26.7 Å². The minimum Gasteiger partial charge on any atom is -0.389 e. The van der Waals surface area contributed by atoms with E-state index in [-0.39, 0.29) is 0 Å². The Morgan fingerprint density at radius 3 is 2.44 bits per heavy atom. The summed E-state index contributed by atoms with van der Waals surface area (Å²) in [7, 11) is 4.31. The lowest BCUT2D eigenvalue weighted by Crippen LogP contribution is -2.50. The molecule has 0 aromatic carbocycles. The van der Waals surface area contributed by atoms with Gasteiger partial charge in [-0.25, -0.2) is 0 Å². The highest BCUT2D eigenvalue weighted by molar-refractivity contribution is 4.84. The molecule has 3 nitrogen and oxygen atoms in total. The molecule has 0 spiro atoms. The monoisotopic (exact) mass is 228 g/mol. The van der Waals surface area contributed by atoms with Crippen LogP contribution in [0.15, 0.2) is 0 Å². The fourth-order valence-corrected chi connectivity index (χ4v) is 2.49. The molecule has 16 heavy (non-hydrogen) atoms. The smallest absolute Gasteiger partial charge is 0.0768 e. The molecule has 0 amide bonds. The summed E-state index contributed by atoms with van der Waals surface area (Å²) in [6.45, 7) is 7.25. The Morgan fingerprint density at radius 1 is 1.31 bits per heavy atom. The molecule has 0 bridgehead atoms. The van der Waals surface area contributed by atoms with E-state index in [0.29, 0.717) is 6.04 Å². The largest absolute Gasteiger partial charge is 0.389 e. The predicted octanol–water partition coefficient (Wildman–Crippen LogP) is 1.56. The zero-order chi connectivity index (χ0) is 12.2. The van der Waals surface area contributed by atoms with Crippen molar-refractivity contribution in [2.75, 3.05) is 33.7 Å². The Morgan fingerprint density at radius 2 is 1.94 bits per heavy atom. The van der Waals surface area contributed by atoms with Crippen LogP contribution in [-0.4, -0.2) is 60.3 Å². The van der Waals surface area contributed by atoms with E-state index < -0.39 is 5.60 Å². The maximum Gasteiger partial charge on any atom is 0.0768 e. The van der Waals surface area contributed by atoms with E-state index in [2.05, 4.69) is 37.7 Å². The zero-order valence-corrected chi connectivity index (χ0v) is 11.4. The third kappa shape index (κ3) is 3.72. The maximum atomic E-state index is 10.4. The summed E-state index contributed by atoms with van der Waals surface area (Å²) in [5.74, 6) is 0. The van der Waals surface area contributed by atoms with E-state index in [1.807, 2.05) is 0 Å². The Hall–Kier alpha value is -0.120. The van der Waals surface area contributed by atoms with Crippen molar-refractivity contribution < 1.29 is 5.11 Å². The molecule has 1 heterocycles. The van der Waals surface area contributed by atoms with E-state index in [4.69, 9.17) is 0 Å². The summed E-state index contributed by atoms with van der Waals surface area (Å²) in [5.41, 5.74) is -0.478. The van der Waals surface area contributed by atoms with Gasteiger partial charge in [0.15, 0.2) is 0 Å². The highest BCUT2D eigenvalue weighted by Gasteiger charge is 2.29. The number of rotatable bonds is 5. The van der Waals surface area contributed by atoms with Gasteiger partial charge in [0.05, 0.1) is 5.60 Å². The number of likely N-dealkylation sites (tertiary alicyclic amines) is 1. The van der Waals surface area contributed by atoms with Crippen molar-refractivity contribution in [2.45, 2.75) is 51.2 Å². The number of hydrogen-bond donors (Lipinski definition) is 1. The molecule has 1 saturated heterocycles. The van der Waals surface area contributed by atoms with Gasteiger partial charge in [0.2, 0.25) is 0 Å². The van der Waals surface area contributed by atoms with Crippen LogP contribution in [0, 0.1) is 0 Å². The van der Waals surface area contributed by atoms with Crippen LogP contribution in [0.25, 0.3) is 0 Å². The second kappa shape index (κ2) is 5.99. The van der Waals surface area contributed by atoms with Gasteiger partial charge in [0.1, 0.15) is 0 Å². The lowest BCUT2D eigenvalue weighted by Gasteiger charge is -2.40. The van der Waals surface area contributed by atoms with Crippen molar-refractivity contribution in [1.29, 1.82) is 0 Å². The molecule has 0 radical (unpaired) electrons. The molecule has 1 aliphatic heterocycles. The van der Waals surface area contributed by atoms with Gasteiger partial charge < -0.3 is 10.0 Å². The minimum absolute atomic E-state index is 0.478. The standard InChI is InChI=1S/C13H28N2O/c1-5-13(16,6-2)11-15-9-7-8-12(10-15)14(3)4/h12,16H,5-11H2,1-4H3. The Bertz CT molecular complexity index is 202. The number of aliphatic hydroxyl groups is 1. The normalized spacial score (nSPS) is 24.0. The SMILES string of the molecule is CCC(O)(CC)CN1CCCC(N(C)C)C1. The summed E-state index contributed by atoms with van der Waals surface area (Å²) in [6, 6.07) is 0.659. The second-order valence-corrected chi connectivity index (χ2v) is 5.43. The summed E-state index contributed by atoms with van der Waals surface area (Å²) < 4.78 is 0. The lowest BCUT2D eigenvalue weighted by molar-refractivity contribution is -0.0161. The first-order chi connectivity index (χ1) is 7.50. The average molecular weight is 228 g/mol. The number of piperidine rings is 1. The van der Waals surface area contributed by atoms with E-state index in [9.17, 15) is 5.11 Å². The number of β-amino-alcohol motifs (C(OH)–C–C–N with tert-alkyl or cyclic N) is 1. The van der Waals surface area contributed by atoms with Crippen LogP contribution >= 0.6 is 0 Å². The van der Waals surface area contributed by atoms with Crippen LogP contribution in [0.3, 0.4) is 0 Å². The van der Waals surface area contributed by atoms with Crippen LogP contribution in [-0.2, 0) is 0 Å². The number of hydrogen-bond acceptors (Lipinski definition) is 3. The Kier molecular flexibility index (Phi) is 5.22. The molecular formula is C13H28N2O. The minimum atomic E-state index is -0.478. The average Bonchev–Trinajstić information content (AvgIpc) is 2.29. The molecule has 1 unspecified atom stereocenters. The zero-order valence-electron chi connectivity index (χ0n) is 11.4. The van der Waals surface area contributed by atoms with E-state index in [1.54, 1.807) is 0 Å². The van der Waals surface area contributed by atoms with E-state index in [1.165, 1.54) is 12.8 Å². The summed E-state index contributed by atoms with van der Waals surface area (Å²) in [6.07, 6.45) is 4.26. The van der Waals surface area contributed by atoms with Gasteiger partial charge in [0, 0.05) is 19.1 Å². The van der Waals surface area contributed by atoms with Gasteiger partial charge in [-0.05, 0) is 46.3 Å². The lowest BCUT2D eigenvalue weighted by atomic mass is 9.95. The molecule has 1 fully saturated rings. The van der Waals surface area contributed by atoms with Gasteiger partial charge in [0.25, 0.3) is 0 Å². The summed E-state index contributed by atoms with van der Waals surface area (Å²) in [5, 5.41) is 10.4. The molecule has 0 aromatic heterocycles. The van der Waals surface area contributed by atoms with Crippen molar-refractivity contribution in [1.82, 2.24) is 9.80 Å². The molecule has 1 rings (SSSR count). The van der Waals surface area contributed by atoms with Crippen LogP contribution in [0.5, 0.6) is 0 Å². The first-order valence-electron chi connectivity index (χ1n) is 6.62. The molecule has 3 heteroatoms. The molecule has 0 aliphatic carbocycles. The van der Waals surface area contributed by atoms with Gasteiger partial charge in [-0.3, -0.25) is 4.90 Å². The molecule has 1 atom stereocenters. The fraction of sp³-hybridized carbons (Fsp3) is 1.00. The van der Waals surface area contributed by atoms with Crippen LogP contribution < -0.4 is 0 Å². The van der Waals surface area contributed by atoms with Crippen molar-refractivity contribution in [3.05, 3.63) is 0 Å². The molecule has 96 valence electrons. The second-order valence-electron chi connectivity index (χ2n) is 5.43. The summed E-state index contributed by atoms with van der Waals surface area (Å²) in [4.78, 5) is 4.74. The molecule has 0 saturated carbocycles. The van der Waals surface area contributed by atoms with Crippen molar-refractivity contribution >= 4 is 0 Å². The molecule has 1 aliphatic rings. The Balaban J connectivity index is 2.48. The third-order valence-corrected chi connectivity index (χ3v) is 4.05. The van der Waals surface area contributed by atoms with Gasteiger partial charge in [-0.2, -0.15) is 0 Å². The van der Waals surface area contributed by atoms with Crippen LogP contribution in [0.2, 0.25) is 0 Å². The van der Waals surface area contributed by atoms with Crippen LogP contribution in [0.4, 0.5) is 0 Å². The Labute approximate surface area is 100 Å². The maximum absolute atomic E-state index is 10.4. The fourth-order valence-electron chi connectivity index (χ4n) is 2.49. The number of likely N-dealkylation sites (N-methyl/N-ethyl adjacent to an activating group) is 1. The third-order valence-electron chi connectivity index (χ3n) is 4.05.